The Balaban J connectivity index is 2.45. The van der Waals surface area contributed by atoms with Crippen LogP contribution in [0.25, 0.3) is 11.1 Å². The summed E-state index contributed by atoms with van der Waals surface area (Å²) in [5, 5.41) is 1.70. The third-order valence-electron chi connectivity index (χ3n) is 2.03. The molecule has 0 atom stereocenters. The largest absolute Gasteiger partial charge is 0.0837 e. The highest BCUT2D eigenvalue weighted by Gasteiger charge is 2.01. The van der Waals surface area contributed by atoms with E-state index >= 15 is 0 Å². The second-order valence-corrected chi connectivity index (χ2v) is 4.28. The van der Waals surface area contributed by atoms with Gasteiger partial charge in [0.25, 0.3) is 0 Å². The van der Waals surface area contributed by atoms with Gasteiger partial charge in [-0.15, -0.1) is 0 Å². The number of rotatable bonds is 1. The second kappa shape index (κ2) is 4.44. The van der Waals surface area contributed by atoms with Gasteiger partial charge >= 0.3 is 0 Å². The molecule has 0 aliphatic rings. The zero-order valence-electron chi connectivity index (χ0n) is 7.60. The second-order valence-electron chi connectivity index (χ2n) is 3.05. The minimum Gasteiger partial charge on any atom is -0.0837 e. The fraction of sp³-hybridized carbons (Fsp3) is 0. The molecule has 0 fully saturated rings. The van der Waals surface area contributed by atoms with Gasteiger partial charge in [0.15, 0.2) is 0 Å². The molecule has 0 N–H and O–H groups in total. The molecule has 2 rings (SSSR count). The lowest BCUT2D eigenvalue weighted by atomic mass is 10.1. The summed E-state index contributed by atoms with van der Waals surface area (Å²) in [5.41, 5.74) is 2.01. The van der Waals surface area contributed by atoms with Gasteiger partial charge in [-0.25, -0.2) is 0 Å². The smallest absolute Gasteiger partial charge is 0.0598 e. The van der Waals surface area contributed by atoms with Crippen molar-refractivity contribution in [3.8, 4) is 11.1 Å². The van der Waals surface area contributed by atoms with Crippen LogP contribution < -0.4 is 0 Å². The molecular weight excluding hydrogens is 250 g/mol. The topological polar surface area (TPSA) is 0 Å². The molecule has 15 heavy (non-hydrogen) atoms. The van der Waals surface area contributed by atoms with Crippen molar-refractivity contribution in [3.05, 3.63) is 57.5 Å². The fourth-order valence-corrected chi connectivity index (χ4v) is 1.68. The van der Waals surface area contributed by atoms with Crippen LogP contribution >= 0.6 is 34.8 Å². The Morgan fingerprint density at radius 3 is 2.13 bits per heavy atom. The zero-order chi connectivity index (χ0) is 10.8. The molecule has 0 nitrogen and oxygen atoms in total. The van der Waals surface area contributed by atoms with E-state index in [4.69, 9.17) is 34.8 Å². The van der Waals surface area contributed by atoms with Crippen molar-refractivity contribution in [2.24, 2.45) is 0 Å². The van der Waals surface area contributed by atoms with Gasteiger partial charge in [0.05, 0.1) is 10.0 Å². The van der Waals surface area contributed by atoms with E-state index in [1.165, 1.54) is 0 Å². The van der Waals surface area contributed by atoms with Gasteiger partial charge in [-0.1, -0.05) is 46.9 Å². The molecule has 0 bridgehead atoms. The van der Waals surface area contributed by atoms with Gasteiger partial charge in [-0.2, -0.15) is 0 Å². The van der Waals surface area contributed by atoms with Crippen LogP contribution in [-0.4, -0.2) is 0 Å². The standard InChI is InChI=1S/C12H6Cl3/c13-10-4-1-8(2-5-10)9-3-6-11(14)12(15)7-9/h1-4,6-7H. The average Bonchev–Trinajstić information content (AvgIpc) is 2.23. The molecule has 75 valence electrons. The Bertz CT molecular complexity index is 475. The minimum atomic E-state index is 0.545. The molecule has 0 aromatic heterocycles. The molecule has 0 saturated heterocycles. The van der Waals surface area contributed by atoms with Crippen molar-refractivity contribution < 1.29 is 0 Å². The predicted molar refractivity (Wildman–Crippen MR) is 65.7 cm³/mol. The van der Waals surface area contributed by atoms with E-state index in [1.54, 1.807) is 12.1 Å². The quantitative estimate of drug-likeness (QED) is 0.665. The molecule has 1 radical (unpaired) electrons. The van der Waals surface area contributed by atoms with E-state index in [9.17, 15) is 0 Å². The first-order valence-corrected chi connectivity index (χ1v) is 5.43. The van der Waals surface area contributed by atoms with Crippen molar-refractivity contribution in [2.45, 2.75) is 0 Å². The van der Waals surface area contributed by atoms with Crippen molar-refractivity contribution in [1.29, 1.82) is 0 Å². The van der Waals surface area contributed by atoms with Crippen molar-refractivity contribution in [2.75, 3.05) is 0 Å². The van der Waals surface area contributed by atoms with E-state index in [0.717, 1.165) is 11.1 Å². The first kappa shape index (κ1) is 10.8. The maximum absolute atomic E-state index is 5.93. The number of halogens is 3. The van der Waals surface area contributed by atoms with Crippen LogP contribution in [0.5, 0.6) is 0 Å². The van der Waals surface area contributed by atoms with Crippen LogP contribution in [-0.2, 0) is 0 Å². The zero-order valence-corrected chi connectivity index (χ0v) is 9.87. The Hall–Kier alpha value is -0.690. The Morgan fingerprint density at radius 2 is 1.53 bits per heavy atom. The first-order valence-electron chi connectivity index (χ1n) is 4.29. The van der Waals surface area contributed by atoms with Crippen molar-refractivity contribution in [3.63, 3.8) is 0 Å². The molecule has 2 aromatic rings. The van der Waals surface area contributed by atoms with Gasteiger partial charge in [0.1, 0.15) is 0 Å². The van der Waals surface area contributed by atoms with Crippen LogP contribution in [0.4, 0.5) is 0 Å². The van der Waals surface area contributed by atoms with Crippen LogP contribution in [0.15, 0.2) is 36.4 Å². The highest BCUT2D eigenvalue weighted by atomic mass is 35.5. The summed E-state index contributed by atoms with van der Waals surface area (Å²) in [7, 11) is 0. The summed E-state index contributed by atoms with van der Waals surface area (Å²) in [4.78, 5) is 0. The van der Waals surface area contributed by atoms with E-state index < -0.39 is 0 Å². The lowest BCUT2D eigenvalue weighted by molar-refractivity contribution is 1.61. The number of hydrogen-bond acceptors (Lipinski definition) is 0. The summed E-state index contributed by atoms with van der Waals surface area (Å²) in [5.74, 6) is 0. The number of benzene rings is 2. The van der Waals surface area contributed by atoms with Gasteiger partial charge in [0.2, 0.25) is 0 Å². The third-order valence-corrected chi connectivity index (χ3v) is 3.00. The summed E-state index contributed by atoms with van der Waals surface area (Å²) >= 11 is 17.5. The SMILES string of the molecule is Clc1[c]cc(-c2ccc(Cl)c(Cl)c2)cc1. The summed E-state index contributed by atoms with van der Waals surface area (Å²) < 4.78 is 0. The van der Waals surface area contributed by atoms with E-state index in [1.807, 2.05) is 24.3 Å². The minimum absolute atomic E-state index is 0.545. The predicted octanol–water partition coefficient (Wildman–Crippen LogP) is 5.11. The fourth-order valence-electron chi connectivity index (χ4n) is 1.26. The highest BCUT2D eigenvalue weighted by Crippen LogP contribution is 2.28. The maximum atomic E-state index is 5.93. The third kappa shape index (κ3) is 2.46. The lowest BCUT2D eigenvalue weighted by Crippen LogP contribution is -1.78. The van der Waals surface area contributed by atoms with Gasteiger partial charge < -0.3 is 0 Å². The summed E-state index contributed by atoms with van der Waals surface area (Å²) in [6.07, 6.45) is 0. The first-order chi connectivity index (χ1) is 7.16. The molecule has 0 aliphatic carbocycles. The molecule has 2 aromatic carbocycles. The van der Waals surface area contributed by atoms with E-state index in [0.29, 0.717) is 15.1 Å². The molecular formula is C12H6Cl3. The lowest BCUT2D eigenvalue weighted by Gasteiger charge is -2.03. The average molecular weight is 257 g/mol. The van der Waals surface area contributed by atoms with Gasteiger partial charge in [-0.3, -0.25) is 0 Å². The van der Waals surface area contributed by atoms with E-state index in [2.05, 4.69) is 6.07 Å². The molecule has 0 aliphatic heterocycles. The normalized spacial score (nSPS) is 10.3. The molecule has 0 heterocycles. The highest BCUT2D eigenvalue weighted by molar-refractivity contribution is 6.42. The van der Waals surface area contributed by atoms with Crippen molar-refractivity contribution >= 4 is 34.8 Å². The van der Waals surface area contributed by atoms with Crippen LogP contribution in [0.2, 0.25) is 15.1 Å². The molecule has 0 saturated carbocycles. The summed E-state index contributed by atoms with van der Waals surface area (Å²) in [6.45, 7) is 0. The Labute approximate surface area is 103 Å². The molecule has 0 spiro atoms. The van der Waals surface area contributed by atoms with Gasteiger partial charge in [0, 0.05) is 11.1 Å². The molecule has 3 heteroatoms. The molecule has 0 amide bonds. The van der Waals surface area contributed by atoms with Crippen LogP contribution in [0, 0.1) is 6.07 Å². The van der Waals surface area contributed by atoms with E-state index in [-0.39, 0.29) is 0 Å². The monoisotopic (exact) mass is 255 g/mol. The Kier molecular flexibility index (Phi) is 3.20. The number of hydrogen-bond donors (Lipinski definition) is 0. The summed E-state index contributed by atoms with van der Waals surface area (Å²) in [6, 6.07) is 13.9. The van der Waals surface area contributed by atoms with Crippen molar-refractivity contribution in [1.82, 2.24) is 0 Å². The maximum Gasteiger partial charge on any atom is 0.0598 e. The van der Waals surface area contributed by atoms with Gasteiger partial charge in [-0.05, 0) is 35.4 Å². The van der Waals surface area contributed by atoms with Crippen LogP contribution in [0.1, 0.15) is 0 Å². The Morgan fingerprint density at radius 1 is 0.800 bits per heavy atom. The van der Waals surface area contributed by atoms with Crippen LogP contribution in [0.3, 0.4) is 0 Å². The molecule has 0 unspecified atom stereocenters.